The van der Waals surface area contributed by atoms with E-state index in [2.05, 4.69) is 22.1 Å². The second-order valence-corrected chi connectivity index (χ2v) is 7.94. The van der Waals surface area contributed by atoms with E-state index in [9.17, 15) is 9.59 Å². The highest BCUT2D eigenvalue weighted by molar-refractivity contribution is 6.16. The van der Waals surface area contributed by atoms with Crippen LogP contribution in [0.25, 0.3) is 0 Å². The van der Waals surface area contributed by atoms with Gasteiger partial charge >= 0.3 is 6.03 Å². The summed E-state index contributed by atoms with van der Waals surface area (Å²) >= 11 is 0. The molecule has 3 aliphatic rings. The van der Waals surface area contributed by atoms with Crippen molar-refractivity contribution in [1.82, 2.24) is 14.8 Å². The molecule has 3 aliphatic heterocycles. The number of anilines is 3. The largest absolute Gasteiger partial charge is 0.330 e. The summed E-state index contributed by atoms with van der Waals surface area (Å²) < 4.78 is 0. The predicted octanol–water partition coefficient (Wildman–Crippen LogP) is 2.93. The van der Waals surface area contributed by atoms with Crippen LogP contribution in [0.4, 0.5) is 22.0 Å². The number of likely N-dealkylation sites (tertiary alicyclic amines) is 2. The van der Waals surface area contributed by atoms with Gasteiger partial charge in [0.25, 0.3) is 5.91 Å². The Morgan fingerprint density at radius 1 is 1.18 bits per heavy atom. The van der Waals surface area contributed by atoms with E-state index in [1.165, 1.54) is 0 Å². The second kappa shape index (κ2) is 6.31. The zero-order chi connectivity index (χ0) is 19.3. The Morgan fingerprint density at radius 2 is 2.00 bits per heavy atom. The number of amides is 3. The third-order valence-corrected chi connectivity index (χ3v) is 6.12. The van der Waals surface area contributed by atoms with Crippen LogP contribution in [0.1, 0.15) is 23.7 Å². The van der Waals surface area contributed by atoms with Crippen molar-refractivity contribution in [3.8, 4) is 0 Å². The fourth-order valence-corrected chi connectivity index (χ4v) is 4.63. The van der Waals surface area contributed by atoms with E-state index in [4.69, 9.17) is 0 Å². The normalized spacial score (nSPS) is 20.2. The highest BCUT2D eigenvalue weighted by Gasteiger charge is 2.50. The smallest absolute Gasteiger partial charge is 0.323 e. The Hall–Kier alpha value is -2.93. The van der Waals surface area contributed by atoms with Crippen LogP contribution in [0.2, 0.25) is 0 Å². The third kappa shape index (κ3) is 2.57. The number of urea groups is 1. The fourth-order valence-electron chi connectivity index (χ4n) is 4.63. The van der Waals surface area contributed by atoms with Gasteiger partial charge in [-0.1, -0.05) is 19.1 Å². The molecule has 0 atom stereocenters. The average molecular weight is 377 g/mol. The number of carbonyl (C=O) groups is 2. The molecule has 144 valence electrons. The van der Waals surface area contributed by atoms with Crippen LogP contribution < -0.4 is 10.2 Å². The van der Waals surface area contributed by atoms with Crippen molar-refractivity contribution < 1.29 is 9.59 Å². The van der Waals surface area contributed by atoms with Gasteiger partial charge in [-0.15, -0.1) is 0 Å². The molecule has 0 aliphatic carbocycles. The lowest BCUT2D eigenvalue weighted by Crippen LogP contribution is -2.61. The van der Waals surface area contributed by atoms with Crippen LogP contribution in [0, 0.1) is 5.41 Å². The minimum atomic E-state index is -0.227. The van der Waals surface area contributed by atoms with Crippen LogP contribution in [0.15, 0.2) is 42.6 Å². The van der Waals surface area contributed by atoms with Gasteiger partial charge in [0.1, 0.15) is 0 Å². The van der Waals surface area contributed by atoms with E-state index >= 15 is 0 Å². The molecule has 1 aromatic heterocycles. The summed E-state index contributed by atoms with van der Waals surface area (Å²) in [6.07, 6.45) is 2.78. The van der Waals surface area contributed by atoms with Crippen molar-refractivity contribution in [2.24, 2.45) is 5.41 Å². The molecular weight excluding hydrogens is 354 g/mol. The van der Waals surface area contributed by atoms with E-state index in [1.807, 2.05) is 11.0 Å². The number of fused-ring (bicyclic) bond motifs is 2. The van der Waals surface area contributed by atoms with Crippen LogP contribution >= 0.6 is 0 Å². The van der Waals surface area contributed by atoms with Crippen LogP contribution in [-0.4, -0.2) is 59.4 Å². The van der Waals surface area contributed by atoms with Crippen molar-refractivity contribution in [1.29, 1.82) is 0 Å². The highest BCUT2D eigenvalue weighted by Crippen LogP contribution is 2.43. The number of pyridine rings is 1. The Bertz CT molecular complexity index is 953. The van der Waals surface area contributed by atoms with E-state index in [0.717, 1.165) is 39.1 Å². The van der Waals surface area contributed by atoms with E-state index in [-0.39, 0.29) is 17.4 Å². The van der Waals surface area contributed by atoms with Crippen LogP contribution in [0.5, 0.6) is 0 Å². The van der Waals surface area contributed by atoms with Gasteiger partial charge in [-0.05, 0) is 43.8 Å². The molecule has 0 saturated carbocycles. The number of rotatable bonds is 1. The summed E-state index contributed by atoms with van der Waals surface area (Å²) in [5.41, 5.74) is 1.82. The first kappa shape index (κ1) is 17.2. The Kier molecular flexibility index (Phi) is 3.87. The number of benzene rings is 1. The maximum atomic E-state index is 13.5. The van der Waals surface area contributed by atoms with Gasteiger partial charge in [0.2, 0.25) is 0 Å². The lowest BCUT2D eigenvalue weighted by Gasteiger charge is -2.49. The number of hydrogen-bond acceptors (Lipinski definition) is 4. The molecule has 1 N–H and O–H groups in total. The first-order valence-corrected chi connectivity index (χ1v) is 9.77. The number of aromatic nitrogens is 1. The van der Waals surface area contributed by atoms with Gasteiger partial charge < -0.3 is 15.1 Å². The first-order chi connectivity index (χ1) is 13.6. The summed E-state index contributed by atoms with van der Waals surface area (Å²) in [6.45, 7) is 6.91. The monoisotopic (exact) mass is 377 g/mol. The van der Waals surface area contributed by atoms with Gasteiger partial charge in [-0.25, -0.2) is 14.7 Å². The maximum Gasteiger partial charge on any atom is 0.330 e. The van der Waals surface area contributed by atoms with Crippen molar-refractivity contribution >= 4 is 29.1 Å². The molecule has 2 fully saturated rings. The van der Waals surface area contributed by atoms with E-state index in [1.54, 1.807) is 41.4 Å². The number of para-hydroxylation sites is 1. The second-order valence-electron chi connectivity index (χ2n) is 7.94. The molecule has 1 aromatic carbocycles. The topological polar surface area (TPSA) is 68.8 Å². The summed E-state index contributed by atoms with van der Waals surface area (Å²) in [6, 6.07) is 10.6. The number of hydrogen-bond donors (Lipinski definition) is 1. The summed E-state index contributed by atoms with van der Waals surface area (Å²) in [7, 11) is 0. The molecule has 0 radical (unpaired) electrons. The molecule has 2 saturated heterocycles. The summed E-state index contributed by atoms with van der Waals surface area (Å²) in [5, 5.41) is 2.88. The molecule has 5 rings (SSSR count). The molecule has 0 unspecified atom stereocenters. The van der Waals surface area contributed by atoms with Gasteiger partial charge in [-0.2, -0.15) is 0 Å². The van der Waals surface area contributed by atoms with Crippen molar-refractivity contribution in [2.45, 2.75) is 13.3 Å². The Balaban J connectivity index is 1.49. The van der Waals surface area contributed by atoms with Gasteiger partial charge in [-0.3, -0.25) is 4.79 Å². The van der Waals surface area contributed by atoms with E-state index < -0.39 is 0 Å². The number of nitrogens with one attached hydrogen (secondary N) is 1. The van der Waals surface area contributed by atoms with Crippen LogP contribution in [-0.2, 0) is 0 Å². The number of nitrogens with zero attached hydrogens (tertiary/aromatic N) is 4. The predicted molar refractivity (Wildman–Crippen MR) is 107 cm³/mol. The minimum Gasteiger partial charge on any atom is -0.323 e. The molecule has 0 bridgehead atoms. The SMILES string of the molecule is CCN1CCC2(C1)CN(C(=O)N1c3ccccc3C(=O)Nc3cccnc31)C2. The molecular formula is C21H23N5O2. The number of carbonyl (C=O) groups excluding carboxylic acids is 2. The van der Waals surface area contributed by atoms with Gasteiger partial charge in [0.15, 0.2) is 5.82 Å². The average Bonchev–Trinajstić information content (AvgIpc) is 3.08. The molecule has 2 aromatic rings. The molecule has 7 heteroatoms. The summed E-state index contributed by atoms with van der Waals surface area (Å²) in [5.74, 6) is 0.239. The molecule has 3 amide bonds. The Labute approximate surface area is 163 Å². The molecule has 28 heavy (non-hydrogen) atoms. The van der Waals surface area contributed by atoms with Crippen molar-refractivity contribution in [2.75, 3.05) is 42.9 Å². The lowest BCUT2D eigenvalue weighted by atomic mass is 9.79. The standard InChI is InChI=1S/C21H23N5O2/c1-2-24-11-9-21(12-24)13-25(14-21)20(28)26-17-8-4-3-6-15(17)19(27)23-16-7-5-10-22-18(16)26/h3-8,10H,2,9,11-14H2,1H3,(H,23,27). The maximum absolute atomic E-state index is 13.5. The zero-order valence-electron chi connectivity index (χ0n) is 15.9. The molecule has 4 heterocycles. The Morgan fingerprint density at radius 3 is 2.79 bits per heavy atom. The van der Waals surface area contributed by atoms with Crippen molar-refractivity contribution in [3.63, 3.8) is 0 Å². The third-order valence-electron chi connectivity index (χ3n) is 6.12. The van der Waals surface area contributed by atoms with Crippen LogP contribution in [0.3, 0.4) is 0 Å². The quantitative estimate of drug-likeness (QED) is 0.830. The lowest BCUT2D eigenvalue weighted by molar-refractivity contribution is 0.0429. The first-order valence-electron chi connectivity index (χ1n) is 9.77. The van der Waals surface area contributed by atoms with Gasteiger partial charge in [0.05, 0.1) is 16.9 Å². The molecule has 7 nitrogen and oxygen atoms in total. The van der Waals surface area contributed by atoms with Crippen molar-refractivity contribution in [3.05, 3.63) is 48.2 Å². The highest BCUT2D eigenvalue weighted by atomic mass is 16.2. The van der Waals surface area contributed by atoms with Gasteiger partial charge in [0, 0.05) is 31.2 Å². The van der Waals surface area contributed by atoms with E-state index in [0.29, 0.717) is 22.8 Å². The fraction of sp³-hybridized carbons (Fsp3) is 0.381. The summed E-state index contributed by atoms with van der Waals surface area (Å²) in [4.78, 5) is 36.5. The minimum absolute atomic E-state index is 0.121. The molecule has 1 spiro atoms. The zero-order valence-corrected chi connectivity index (χ0v) is 15.9.